The Labute approximate surface area is 90.5 Å². The molecule has 0 radical (unpaired) electrons. The Morgan fingerprint density at radius 1 is 1.44 bits per heavy atom. The lowest BCUT2D eigenvalue weighted by Crippen LogP contribution is -2.28. The SMILES string of the molecule is O=C(O)C1CC(=O)N(c2cccc(=O)[nH]2)C1. The average molecular weight is 222 g/mol. The Balaban J connectivity index is 2.26. The highest BCUT2D eigenvalue weighted by Crippen LogP contribution is 2.22. The largest absolute Gasteiger partial charge is 0.481 e. The Kier molecular flexibility index (Phi) is 2.47. The molecule has 2 N–H and O–H groups in total. The summed E-state index contributed by atoms with van der Waals surface area (Å²) in [5.74, 6) is -1.62. The molecule has 1 fully saturated rings. The van der Waals surface area contributed by atoms with Crippen LogP contribution in [0.5, 0.6) is 0 Å². The molecule has 0 spiro atoms. The molecule has 0 aromatic carbocycles. The molecule has 6 heteroatoms. The number of amides is 1. The Bertz CT molecular complexity index is 494. The molecule has 1 saturated heterocycles. The molecule has 1 aliphatic heterocycles. The van der Waals surface area contributed by atoms with E-state index in [2.05, 4.69) is 4.98 Å². The maximum atomic E-state index is 11.5. The van der Waals surface area contributed by atoms with Crippen LogP contribution in [-0.2, 0) is 9.59 Å². The second-order valence-corrected chi connectivity index (χ2v) is 3.64. The molecule has 1 amide bonds. The van der Waals surface area contributed by atoms with Crippen LogP contribution >= 0.6 is 0 Å². The summed E-state index contributed by atoms with van der Waals surface area (Å²) in [6.45, 7) is 0.105. The van der Waals surface area contributed by atoms with Gasteiger partial charge in [-0.25, -0.2) is 0 Å². The summed E-state index contributed by atoms with van der Waals surface area (Å²) >= 11 is 0. The lowest BCUT2D eigenvalue weighted by molar-refractivity contribution is -0.141. The third-order valence-corrected chi connectivity index (χ3v) is 2.52. The molecule has 6 nitrogen and oxygen atoms in total. The number of rotatable bonds is 2. The molecule has 1 atom stereocenters. The van der Waals surface area contributed by atoms with Crippen LogP contribution in [0.2, 0.25) is 0 Å². The van der Waals surface area contributed by atoms with Crippen molar-refractivity contribution < 1.29 is 14.7 Å². The number of carboxylic acids is 1. The van der Waals surface area contributed by atoms with Gasteiger partial charge in [0.15, 0.2) is 0 Å². The fourth-order valence-corrected chi connectivity index (χ4v) is 1.70. The van der Waals surface area contributed by atoms with Crippen LogP contribution < -0.4 is 10.5 Å². The van der Waals surface area contributed by atoms with E-state index in [1.165, 1.54) is 17.0 Å². The van der Waals surface area contributed by atoms with Gasteiger partial charge in [-0.1, -0.05) is 6.07 Å². The Morgan fingerprint density at radius 3 is 2.75 bits per heavy atom. The van der Waals surface area contributed by atoms with E-state index in [0.29, 0.717) is 5.82 Å². The van der Waals surface area contributed by atoms with E-state index >= 15 is 0 Å². The molecule has 0 bridgehead atoms. The molecule has 2 rings (SSSR count). The number of aromatic nitrogens is 1. The van der Waals surface area contributed by atoms with E-state index < -0.39 is 11.9 Å². The molecule has 1 aromatic rings. The van der Waals surface area contributed by atoms with Crippen LogP contribution in [0.1, 0.15) is 6.42 Å². The molecule has 1 aromatic heterocycles. The summed E-state index contributed by atoms with van der Waals surface area (Å²) in [5, 5.41) is 8.80. The van der Waals surface area contributed by atoms with Crippen LogP contribution in [-0.4, -0.2) is 28.5 Å². The molecule has 84 valence electrons. The standard InChI is InChI=1S/C10H10N2O4/c13-8-3-1-2-7(11-8)12-5-6(10(15)16)4-9(12)14/h1-3,6H,4-5H2,(H,11,13)(H,15,16). The number of H-pyrrole nitrogens is 1. The number of anilines is 1. The fraction of sp³-hybridized carbons (Fsp3) is 0.300. The maximum Gasteiger partial charge on any atom is 0.308 e. The molecular formula is C10H10N2O4. The number of nitrogens with one attached hydrogen (secondary N) is 1. The first-order valence-corrected chi connectivity index (χ1v) is 4.80. The number of aliphatic carboxylic acids is 1. The Hall–Kier alpha value is -2.11. The van der Waals surface area contributed by atoms with Gasteiger partial charge >= 0.3 is 5.97 Å². The van der Waals surface area contributed by atoms with Gasteiger partial charge in [-0.05, 0) is 6.07 Å². The zero-order valence-electron chi connectivity index (χ0n) is 8.34. The number of aromatic amines is 1. The van der Waals surface area contributed by atoms with E-state index in [4.69, 9.17) is 5.11 Å². The van der Waals surface area contributed by atoms with Crippen LogP contribution in [0.25, 0.3) is 0 Å². The van der Waals surface area contributed by atoms with E-state index in [1.807, 2.05) is 0 Å². The van der Waals surface area contributed by atoms with Crippen LogP contribution in [0, 0.1) is 5.92 Å². The minimum atomic E-state index is -0.992. The van der Waals surface area contributed by atoms with Crippen molar-refractivity contribution in [3.63, 3.8) is 0 Å². The number of hydrogen-bond acceptors (Lipinski definition) is 3. The quantitative estimate of drug-likeness (QED) is 0.725. The van der Waals surface area contributed by atoms with Gasteiger partial charge in [-0.3, -0.25) is 19.3 Å². The zero-order valence-corrected chi connectivity index (χ0v) is 8.34. The van der Waals surface area contributed by atoms with E-state index in [1.54, 1.807) is 6.07 Å². The number of hydrogen-bond donors (Lipinski definition) is 2. The van der Waals surface area contributed by atoms with Crippen molar-refractivity contribution in [2.24, 2.45) is 5.92 Å². The third-order valence-electron chi connectivity index (χ3n) is 2.52. The predicted molar refractivity (Wildman–Crippen MR) is 55.2 cm³/mol. The average Bonchev–Trinajstić information content (AvgIpc) is 2.60. The molecule has 0 saturated carbocycles. The fourth-order valence-electron chi connectivity index (χ4n) is 1.70. The maximum absolute atomic E-state index is 11.5. The highest BCUT2D eigenvalue weighted by molar-refractivity contribution is 5.98. The topological polar surface area (TPSA) is 90.5 Å². The second kappa shape index (κ2) is 3.80. The van der Waals surface area contributed by atoms with Crippen molar-refractivity contribution in [3.05, 3.63) is 28.6 Å². The van der Waals surface area contributed by atoms with Crippen LogP contribution in [0.15, 0.2) is 23.0 Å². The van der Waals surface area contributed by atoms with Crippen molar-refractivity contribution in [1.29, 1.82) is 0 Å². The van der Waals surface area contributed by atoms with Crippen molar-refractivity contribution in [2.45, 2.75) is 6.42 Å². The highest BCUT2D eigenvalue weighted by atomic mass is 16.4. The van der Waals surface area contributed by atoms with Gasteiger partial charge in [-0.15, -0.1) is 0 Å². The van der Waals surface area contributed by atoms with Crippen LogP contribution in [0.3, 0.4) is 0 Å². The summed E-state index contributed by atoms with van der Waals surface area (Å²) in [5.41, 5.74) is -0.316. The monoisotopic (exact) mass is 222 g/mol. The number of nitrogens with zero attached hydrogens (tertiary/aromatic N) is 1. The van der Waals surface area contributed by atoms with Crippen molar-refractivity contribution in [1.82, 2.24) is 4.98 Å². The van der Waals surface area contributed by atoms with Gasteiger partial charge in [0.2, 0.25) is 11.5 Å². The minimum absolute atomic E-state index is 0.0216. The summed E-state index contributed by atoms with van der Waals surface area (Å²) in [7, 11) is 0. The predicted octanol–water partition coefficient (Wildman–Crippen LogP) is -0.188. The molecule has 2 heterocycles. The van der Waals surface area contributed by atoms with Gasteiger partial charge in [0, 0.05) is 19.0 Å². The van der Waals surface area contributed by atoms with E-state index in [0.717, 1.165) is 0 Å². The minimum Gasteiger partial charge on any atom is -0.481 e. The molecule has 1 unspecified atom stereocenters. The van der Waals surface area contributed by atoms with E-state index in [9.17, 15) is 14.4 Å². The Morgan fingerprint density at radius 2 is 2.19 bits per heavy atom. The number of pyridine rings is 1. The van der Waals surface area contributed by atoms with Crippen LogP contribution in [0.4, 0.5) is 5.82 Å². The third kappa shape index (κ3) is 1.81. The van der Waals surface area contributed by atoms with Gasteiger partial charge in [0.25, 0.3) is 0 Å². The van der Waals surface area contributed by atoms with Crippen molar-refractivity contribution in [3.8, 4) is 0 Å². The van der Waals surface area contributed by atoms with Gasteiger partial charge < -0.3 is 10.1 Å². The van der Waals surface area contributed by atoms with Crippen molar-refractivity contribution in [2.75, 3.05) is 11.4 Å². The van der Waals surface area contributed by atoms with E-state index in [-0.39, 0.29) is 24.4 Å². The number of carboxylic acid groups (broad SMARTS) is 1. The second-order valence-electron chi connectivity index (χ2n) is 3.64. The summed E-state index contributed by atoms with van der Waals surface area (Å²) < 4.78 is 0. The summed E-state index contributed by atoms with van der Waals surface area (Å²) in [6, 6.07) is 4.43. The van der Waals surface area contributed by atoms with Gasteiger partial charge in [-0.2, -0.15) is 0 Å². The lowest BCUT2D eigenvalue weighted by atomic mass is 10.1. The first-order valence-electron chi connectivity index (χ1n) is 4.80. The first kappa shape index (κ1) is 10.4. The first-order chi connectivity index (χ1) is 7.58. The lowest BCUT2D eigenvalue weighted by Gasteiger charge is -2.14. The van der Waals surface area contributed by atoms with Gasteiger partial charge in [0.05, 0.1) is 5.92 Å². The van der Waals surface area contributed by atoms with Gasteiger partial charge in [0.1, 0.15) is 5.82 Å². The van der Waals surface area contributed by atoms with Crippen molar-refractivity contribution >= 4 is 17.7 Å². The summed E-state index contributed by atoms with van der Waals surface area (Å²) in [4.78, 5) is 37.1. The number of carbonyl (C=O) groups excluding carboxylic acids is 1. The highest BCUT2D eigenvalue weighted by Gasteiger charge is 2.35. The molecular weight excluding hydrogens is 212 g/mol. The molecule has 16 heavy (non-hydrogen) atoms. The summed E-state index contributed by atoms with van der Waals surface area (Å²) in [6.07, 6.45) is -0.0216. The normalized spacial score (nSPS) is 20.1. The molecule has 0 aliphatic carbocycles. The smallest absolute Gasteiger partial charge is 0.308 e. The molecule has 1 aliphatic rings. The number of carbonyl (C=O) groups is 2. The zero-order chi connectivity index (χ0) is 11.7.